The number of hydrogen-bond donors (Lipinski definition) is 2. The minimum atomic E-state index is -0.407. The number of methoxy groups -OCH3 is 1. The number of rotatable bonds is 8. The molecule has 0 saturated carbocycles. The number of halogens is 1. The molecule has 0 fully saturated rings. The van der Waals surface area contributed by atoms with Gasteiger partial charge in [-0.3, -0.25) is 4.79 Å². The summed E-state index contributed by atoms with van der Waals surface area (Å²) in [4.78, 5) is 12.5. The highest BCUT2D eigenvalue weighted by Crippen LogP contribution is 2.36. The van der Waals surface area contributed by atoms with Gasteiger partial charge in [-0.1, -0.05) is 25.4 Å². The quantitative estimate of drug-likeness (QED) is 0.769. The Kier molecular flexibility index (Phi) is 6.97. The number of carbonyl (C=O) groups is 1. The Bertz CT molecular complexity index is 508. The Balaban J connectivity index is 3.11. The summed E-state index contributed by atoms with van der Waals surface area (Å²) in [6.45, 7) is 6.70. The number of benzene rings is 1. The van der Waals surface area contributed by atoms with Crippen LogP contribution >= 0.6 is 11.6 Å². The largest absolute Gasteiger partial charge is 0.493 e. The van der Waals surface area contributed by atoms with E-state index in [0.717, 1.165) is 12.8 Å². The third-order valence-electron chi connectivity index (χ3n) is 3.90. The van der Waals surface area contributed by atoms with Crippen molar-refractivity contribution in [1.82, 2.24) is 5.32 Å². The van der Waals surface area contributed by atoms with E-state index in [0.29, 0.717) is 35.2 Å². The molecule has 0 heterocycles. The van der Waals surface area contributed by atoms with Crippen molar-refractivity contribution < 1.29 is 14.3 Å². The zero-order valence-corrected chi connectivity index (χ0v) is 14.4. The fourth-order valence-electron chi connectivity index (χ4n) is 2.21. The van der Waals surface area contributed by atoms with Gasteiger partial charge in [0.15, 0.2) is 11.5 Å². The lowest BCUT2D eigenvalue weighted by Gasteiger charge is -2.31. The van der Waals surface area contributed by atoms with Crippen LogP contribution in [0.4, 0.5) is 0 Å². The van der Waals surface area contributed by atoms with Gasteiger partial charge in [0, 0.05) is 12.1 Å². The minimum absolute atomic E-state index is 0.225. The number of ether oxygens (including phenoxy) is 2. The average Bonchev–Trinajstić information content (AvgIpc) is 2.54. The summed E-state index contributed by atoms with van der Waals surface area (Å²) in [5, 5.41) is 3.35. The van der Waals surface area contributed by atoms with Gasteiger partial charge in [-0.05, 0) is 31.9 Å². The van der Waals surface area contributed by atoms with Crippen molar-refractivity contribution in [2.24, 2.45) is 5.73 Å². The van der Waals surface area contributed by atoms with Crippen LogP contribution < -0.4 is 20.5 Å². The summed E-state index contributed by atoms with van der Waals surface area (Å²) in [5.74, 6) is 0.655. The molecule has 124 valence electrons. The second-order valence-electron chi connectivity index (χ2n) is 5.07. The molecule has 1 rings (SSSR count). The molecule has 5 nitrogen and oxygen atoms in total. The number of nitrogens with one attached hydrogen (secondary N) is 1. The van der Waals surface area contributed by atoms with Crippen molar-refractivity contribution in [3.8, 4) is 11.5 Å². The highest BCUT2D eigenvalue weighted by atomic mass is 35.5. The van der Waals surface area contributed by atoms with Gasteiger partial charge in [0.25, 0.3) is 5.91 Å². The maximum Gasteiger partial charge on any atom is 0.251 e. The minimum Gasteiger partial charge on any atom is -0.493 e. The van der Waals surface area contributed by atoms with Crippen LogP contribution in [0.25, 0.3) is 0 Å². The lowest BCUT2D eigenvalue weighted by atomic mass is 9.92. The highest BCUT2D eigenvalue weighted by Gasteiger charge is 2.27. The second kappa shape index (κ2) is 8.25. The van der Waals surface area contributed by atoms with Gasteiger partial charge in [-0.2, -0.15) is 0 Å². The van der Waals surface area contributed by atoms with Gasteiger partial charge in [-0.15, -0.1) is 0 Å². The summed E-state index contributed by atoms with van der Waals surface area (Å²) in [6, 6.07) is 3.20. The smallest absolute Gasteiger partial charge is 0.251 e. The van der Waals surface area contributed by atoms with Gasteiger partial charge in [0.1, 0.15) is 0 Å². The zero-order chi connectivity index (χ0) is 16.8. The number of carbonyl (C=O) groups excluding carboxylic acids is 1. The number of nitrogens with two attached hydrogens (primary N) is 1. The first-order chi connectivity index (χ1) is 10.5. The van der Waals surface area contributed by atoms with Gasteiger partial charge < -0.3 is 20.5 Å². The average molecular weight is 329 g/mol. The maximum atomic E-state index is 12.5. The zero-order valence-electron chi connectivity index (χ0n) is 13.7. The topological polar surface area (TPSA) is 73.6 Å². The normalized spacial score (nSPS) is 11.2. The predicted molar refractivity (Wildman–Crippen MR) is 89.0 cm³/mol. The van der Waals surface area contributed by atoms with Crippen LogP contribution in [0, 0.1) is 0 Å². The van der Waals surface area contributed by atoms with Crippen LogP contribution in [0.15, 0.2) is 12.1 Å². The molecule has 0 unspecified atom stereocenters. The van der Waals surface area contributed by atoms with E-state index in [9.17, 15) is 4.79 Å². The van der Waals surface area contributed by atoms with Crippen molar-refractivity contribution in [2.45, 2.75) is 39.2 Å². The van der Waals surface area contributed by atoms with Crippen molar-refractivity contribution in [3.05, 3.63) is 22.7 Å². The molecule has 1 aromatic rings. The van der Waals surface area contributed by atoms with Gasteiger partial charge in [0.2, 0.25) is 0 Å². The SMILES string of the molecule is CCOc1c(Cl)cc(C(=O)NC(CC)(CC)CN)cc1OC. The van der Waals surface area contributed by atoms with Gasteiger partial charge in [-0.25, -0.2) is 0 Å². The van der Waals surface area contributed by atoms with Crippen molar-refractivity contribution in [1.29, 1.82) is 0 Å². The second-order valence-corrected chi connectivity index (χ2v) is 5.48. The Morgan fingerprint density at radius 1 is 1.32 bits per heavy atom. The monoisotopic (exact) mass is 328 g/mol. The van der Waals surface area contributed by atoms with Crippen molar-refractivity contribution in [2.75, 3.05) is 20.3 Å². The van der Waals surface area contributed by atoms with Gasteiger partial charge in [0.05, 0.1) is 24.3 Å². The van der Waals surface area contributed by atoms with E-state index in [1.54, 1.807) is 12.1 Å². The molecule has 0 bridgehead atoms. The summed E-state index contributed by atoms with van der Waals surface area (Å²) < 4.78 is 10.7. The third kappa shape index (κ3) is 4.05. The van der Waals surface area contributed by atoms with Crippen LogP contribution in [0.3, 0.4) is 0 Å². The Hall–Kier alpha value is -1.46. The first-order valence-electron chi connectivity index (χ1n) is 7.49. The number of amides is 1. The lowest BCUT2D eigenvalue weighted by Crippen LogP contribution is -2.52. The molecule has 0 atom stereocenters. The van der Waals surface area contributed by atoms with Crippen LogP contribution in [-0.4, -0.2) is 31.7 Å². The van der Waals surface area contributed by atoms with E-state index >= 15 is 0 Å². The number of hydrogen-bond acceptors (Lipinski definition) is 4. The summed E-state index contributed by atoms with van der Waals surface area (Å²) in [5.41, 5.74) is 5.83. The molecule has 6 heteroatoms. The Morgan fingerprint density at radius 3 is 2.41 bits per heavy atom. The first-order valence-corrected chi connectivity index (χ1v) is 7.87. The van der Waals surface area contributed by atoms with Crippen molar-refractivity contribution in [3.63, 3.8) is 0 Å². The predicted octanol–water partition coefficient (Wildman–Crippen LogP) is 2.99. The Labute approximate surface area is 137 Å². The van der Waals surface area contributed by atoms with Crippen LogP contribution in [0.5, 0.6) is 11.5 Å². The van der Waals surface area contributed by atoms with Crippen LogP contribution in [-0.2, 0) is 0 Å². The molecule has 0 spiro atoms. The van der Waals surface area contributed by atoms with E-state index in [1.807, 2.05) is 20.8 Å². The molecule has 0 saturated heterocycles. The molecule has 1 aromatic carbocycles. The van der Waals surface area contributed by atoms with Crippen LogP contribution in [0.2, 0.25) is 5.02 Å². The van der Waals surface area contributed by atoms with E-state index < -0.39 is 5.54 Å². The van der Waals surface area contributed by atoms with Crippen molar-refractivity contribution >= 4 is 17.5 Å². The van der Waals surface area contributed by atoms with E-state index in [2.05, 4.69) is 5.32 Å². The molecule has 3 N–H and O–H groups in total. The highest BCUT2D eigenvalue weighted by molar-refractivity contribution is 6.32. The van der Waals surface area contributed by atoms with E-state index in [-0.39, 0.29) is 5.91 Å². The molecule has 0 aliphatic rings. The van der Waals surface area contributed by atoms with E-state index in [4.69, 9.17) is 26.8 Å². The standard InChI is InChI=1S/C16H25ClN2O3/c1-5-16(6-2,10-18)19-15(20)11-8-12(17)14(22-7-3)13(9-11)21-4/h8-9H,5-7,10,18H2,1-4H3,(H,19,20). The summed E-state index contributed by atoms with van der Waals surface area (Å²) >= 11 is 6.20. The van der Waals surface area contributed by atoms with Crippen LogP contribution in [0.1, 0.15) is 44.0 Å². The first kappa shape index (κ1) is 18.6. The molecule has 22 heavy (non-hydrogen) atoms. The maximum absolute atomic E-state index is 12.5. The molecular formula is C16H25ClN2O3. The molecule has 0 aromatic heterocycles. The van der Waals surface area contributed by atoms with Gasteiger partial charge >= 0.3 is 0 Å². The molecule has 0 aliphatic heterocycles. The Morgan fingerprint density at radius 2 is 1.95 bits per heavy atom. The summed E-state index contributed by atoms with van der Waals surface area (Å²) in [7, 11) is 1.51. The fraction of sp³-hybridized carbons (Fsp3) is 0.562. The molecule has 0 radical (unpaired) electrons. The molecular weight excluding hydrogens is 304 g/mol. The lowest BCUT2D eigenvalue weighted by molar-refractivity contribution is 0.0895. The molecule has 1 amide bonds. The summed E-state index contributed by atoms with van der Waals surface area (Å²) in [6.07, 6.45) is 1.52. The van der Waals surface area contributed by atoms with E-state index in [1.165, 1.54) is 7.11 Å². The fourth-order valence-corrected chi connectivity index (χ4v) is 2.48. The molecule has 0 aliphatic carbocycles. The third-order valence-corrected chi connectivity index (χ3v) is 4.18.